The summed E-state index contributed by atoms with van der Waals surface area (Å²) in [5.74, 6) is -0.107. The molecule has 0 saturated heterocycles. The Labute approximate surface area is 210 Å². The van der Waals surface area contributed by atoms with Crippen molar-refractivity contribution in [3.63, 3.8) is 0 Å². The fraction of sp³-hybridized carbons (Fsp3) is 0.393. The van der Waals surface area contributed by atoms with Gasteiger partial charge in [0.15, 0.2) is 0 Å². The molecule has 0 unspecified atom stereocenters. The van der Waals surface area contributed by atoms with Crippen molar-refractivity contribution in [2.24, 2.45) is 0 Å². The fourth-order valence-corrected chi connectivity index (χ4v) is 5.51. The maximum atomic E-state index is 14.2. The van der Waals surface area contributed by atoms with Gasteiger partial charge in [-0.1, -0.05) is 43.2 Å². The molecule has 5 rings (SSSR count). The second-order valence-corrected chi connectivity index (χ2v) is 9.98. The van der Waals surface area contributed by atoms with Crippen LogP contribution in [-0.2, 0) is 22.7 Å². The molecule has 8 nitrogen and oxygen atoms in total. The van der Waals surface area contributed by atoms with Gasteiger partial charge in [-0.15, -0.1) is 0 Å². The molecule has 0 spiro atoms. The molecular weight excluding hydrogens is 456 g/mol. The normalized spacial score (nSPS) is 19.9. The minimum atomic E-state index is -1.12. The van der Waals surface area contributed by atoms with Crippen molar-refractivity contribution in [2.75, 3.05) is 12.4 Å². The maximum Gasteiger partial charge on any atom is 0.273 e. The van der Waals surface area contributed by atoms with Gasteiger partial charge in [0.2, 0.25) is 11.8 Å². The van der Waals surface area contributed by atoms with E-state index in [0.717, 1.165) is 36.8 Å². The number of fused-ring (bicyclic) bond motifs is 3. The molecule has 2 N–H and O–H groups in total. The molecule has 2 heterocycles. The Bertz CT molecular complexity index is 1330. The SMILES string of the molecule is COc1ccc2c(c1)c(NC(C)=O)c1n2C[C@@](C)(C(=O)NC2CCCC2)N(Cc2ccccc2)C1=O. The first-order valence-electron chi connectivity index (χ1n) is 12.5. The summed E-state index contributed by atoms with van der Waals surface area (Å²) in [5, 5.41) is 6.80. The fourth-order valence-electron chi connectivity index (χ4n) is 5.51. The van der Waals surface area contributed by atoms with E-state index in [1.54, 1.807) is 12.0 Å². The summed E-state index contributed by atoms with van der Waals surface area (Å²) in [6.07, 6.45) is 4.11. The van der Waals surface area contributed by atoms with E-state index in [0.29, 0.717) is 22.5 Å². The molecule has 36 heavy (non-hydrogen) atoms. The number of nitrogens with zero attached hydrogens (tertiary/aromatic N) is 2. The van der Waals surface area contributed by atoms with Crippen molar-refractivity contribution in [1.82, 2.24) is 14.8 Å². The number of anilines is 1. The minimum Gasteiger partial charge on any atom is -0.497 e. The molecule has 3 amide bonds. The van der Waals surface area contributed by atoms with Gasteiger partial charge in [0, 0.05) is 24.9 Å². The lowest BCUT2D eigenvalue weighted by Crippen LogP contribution is -2.64. The predicted octanol–water partition coefficient (Wildman–Crippen LogP) is 4.08. The Hall–Kier alpha value is -3.81. The lowest BCUT2D eigenvalue weighted by molar-refractivity contribution is -0.133. The zero-order valence-electron chi connectivity index (χ0n) is 21.0. The summed E-state index contributed by atoms with van der Waals surface area (Å²) in [4.78, 5) is 41.9. The summed E-state index contributed by atoms with van der Waals surface area (Å²) < 4.78 is 7.29. The molecule has 1 aliphatic carbocycles. The topological polar surface area (TPSA) is 92.7 Å². The number of benzene rings is 2. The summed E-state index contributed by atoms with van der Waals surface area (Å²) in [7, 11) is 1.58. The minimum absolute atomic E-state index is 0.130. The van der Waals surface area contributed by atoms with Crippen molar-refractivity contribution < 1.29 is 19.1 Å². The lowest BCUT2D eigenvalue weighted by Gasteiger charge is -2.44. The van der Waals surface area contributed by atoms with Gasteiger partial charge in [-0.25, -0.2) is 0 Å². The van der Waals surface area contributed by atoms with Gasteiger partial charge in [0.1, 0.15) is 17.0 Å². The van der Waals surface area contributed by atoms with Crippen molar-refractivity contribution >= 4 is 34.3 Å². The zero-order chi connectivity index (χ0) is 25.4. The van der Waals surface area contributed by atoms with Crippen LogP contribution in [0.3, 0.4) is 0 Å². The number of methoxy groups -OCH3 is 1. The number of carbonyl (C=O) groups excluding carboxylic acids is 3. The van der Waals surface area contributed by atoms with E-state index in [9.17, 15) is 14.4 Å². The Morgan fingerprint density at radius 3 is 2.50 bits per heavy atom. The van der Waals surface area contributed by atoms with Crippen LogP contribution in [-0.4, -0.2) is 45.9 Å². The van der Waals surface area contributed by atoms with Crippen molar-refractivity contribution in [3.8, 4) is 5.75 Å². The van der Waals surface area contributed by atoms with Gasteiger partial charge in [0.05, 0.1) is 24.9 Å². The average molecular weight is 489 g/mol. The first-order valence-corrected chi connectivity index (χ1v) is 12.5. The number of hydrogen-bond donors (Lipinski definition) is 2. The first-order chi connectivity index (χ1) is 17.3. The number of amides is 3. The van der Waals surface area contributed by atoms with E-state index in [1.165, 1.54) is 6.92 Å². The van der Waals surface area contributed by atoms with Gasteiger partial charge in [-0.05, 0) is 43.5 Å². The monoisotopic (exact) mass is 488 g/mol. The molecule has 1 aromatic heterocycles. The highest BCUT2D eigenvalue weighted by Crippen LogP contribution is 2.40. The second kappa shape index (κ2) is 9.33. The van der Waals surface area contributed by atoms with Crippen LogP contribution in [0, 0.1) is 0 Å². The standard InChI is InChI=1S/C28H32N4O4/c1-18(33)29-24-22-15-21(36-3)13-14-23(22)31-17-28(2,27(35)30-20-11-7-8-12-20)32(26(34)25(24)31)16-19-9-5-4-6-10-19/h4-6,9-10,13-15,20H,7-8,11-12,16-17H2,1-3H3,(H,29,33)(H,30,35)/t28-/m0/s1. The van der Waals surface area contributed by atoms with Crippen LogP contribution >= 0.6 is 0 Å². The molecule has 1 aliphatic heterocycles. The highest BCUT2D eigenvalue weighted by atomic mass is 16.5. The lowest BCUT2D eigenvalue weighted by atomic mass is 9.93. The molecule has 188 valence electrons. The van der Waals surface area contributed by atoms with Crippen LogP contribution in [0.15, 0.2) is 48.5 Å². The third kappa shape index (κ3) is 4.10. The van der Waals surface area contributed by atoms with Gasteiger partial charge < -0.3 is 24.8 Å². The summed E-state index contributed by atoms with van der Waals surface area (Å²) in [5.41, 5.74) is 1.38. The van der Waals surface area contributed by atoms with Crippen LogP contribution in [0.2, 0.25) is 0 Å². The van der Waals surface area contributed by atoms with E-state index >= 15 is 0 Å². The number of carbonyl (C=O) groups is 3. The van der Waals surface area contributed by atoms with E-state index in [1.807, 2.05) is 60.0 Å². The molecule has 0 bridgehead atoms. The largest absolute Gasteiger partial charge is 0.497 e. The number of aromatic nitrogens is 1. The van der Waals surface area contributed by atoms with Gasteiger partial charge in [0.25, 0.3) is 5.91 Å². The molecule has 1 fully saturated rings. The summed E-state index contributed by atoms with van der Waals surface area (Å²) in [6.45, 7) is 3.80. The van der Waals surface area contributed by atoms with E-state index < -0.39 is 5.54 Å². The molecule has 8 heteroatoms. The number of nitrogens with one attached hydrogen (secondary N) is 2. The predicted molar refractivity (Wildman–Crippen MR) is 138 cm³/mol. The quantitative estimate of drug-likeness (QED) is 0.547. The molecule has 2 aliphatic rings. The van der Waals surface area contributed by atoms with Gasteiger partial charge in [-0.2, -0.15) is 0 Å². The Kier molecular flexibility index (Phi) is 6.20. The molecule has 1 atom stereocenters. The van der Waals surface area contributed by atoms with Crippen LogP contribution in [0.4, 0.5) is 5.69 Å². The summed E-state index contributed by atoms with van der Waals surface area (Å²) >= 11 is 0. The number of hydrogen-bond acceptors (Lipinski definition) is 4. The van der Waals surface area contributed by atoms with Crippen molar-refractivity contribution in [1.29, 1.82) is 0 Å². The summed E-state index contributed by atoms with van der Waals surface area (Å²) in [6, 6.07) is 15.3. The second-order valence-electron chi connectivity index (χ2n) is 9.98. The van der Waals surface area contributed by atoms with E-state index in [-0.39, 0.29) is 36.9 Å². The van der Waals surface area contributed by atoms with Gasteiger partial charge in [-0.3, -0.25) is 14.4 Å². The van der Waals surface area contributed by atoms with Crippen LogP contribution in [0.5, 0.6) is 5.75 Å². The number of rotatable bonds is 6. The smallest absolute Gasteiger partial charge is 0.273 e. The van der Waals surface area contributed by atoms with Crippen molar-refractivity contribution in [2.45, 2.75) is 64.2 Å². The van der Waals surface area contributed by atoms with Gasteiger partial charge >= 0.3 is 0 Å². The Balaban J connectivity index is 1.66. The zero-order valence-corrected chi connectivity index (χ0v) is 21.0. The van der Waals surface area contributed by atoms with Crippen LogP contribution in [0.1, 0.15) is 55.6 Å². The maximum absolute atomic E-state index is 14.2. The Morgan fingerprint density at radius 1 is 1.11 bits per heavy atom. The van der Waals surface area contributed by atoms with Crippen LogP contribution in [0.25, 0.3) is 10.9 Å². The molecule has 0 radical (unpaired) electrons. The van der Waals surface area contributed by atoms with Crippen molar-refractivity contribution in [3.05, 3.63) is 59.8 Å². The highest BCUT2D eigenvalue weighted by molar-refractivity contribution is 6.14. The Morgan fingerprint density at radius 2 is 1.83 bits per heavy atom. The van der Waals surface area contributed by atoms with Crippen LogP contribution < -0.4 is 15.4 Å². The molecule has 1 saturated carbocycles. The third-order valence-corrected chi connectivity index (χ3v) is 7.44. The average Bonchev–Trinajstić information content (AvgIpc) is 3.48. The number of ether oxygens (including phenoxy) is 1. The third-order valence-electron chi connectivity index (χ3n) is 7.44. The van der Waals surface area contributed by atoms with E-state index in [2.05, 4.69) is 10.6 Å². The highest BCUT2D eigenvalue weighted by Gasteiger charge is 2.49. The molecular formula is C28H32N4O4. The molecule has 3 aromatic rings. The first kappa shape index (κ1) is 23.9. The van der Waals surface area contributed by atoms with E-state index in [4.69, 9.17) is 4.74 Å². The molecule has 2 aromatic carbocycles.